The summed E-state index contributed by atoms with van der Waals surface area (Å²) in [5.41, 5.74) is 1.06. The number of aliphatic carboxylic acids is 1. The molecule has 1 amide bonds. The third kappa shape index (κ3) is 3.31. The second-order valence-corrected chi connectivity index (χ2v) is 5.44. The van der Waals surface area contributed by atoms with Gasteiger partial charge in [-0.25, -0.2) is 0 Å². The number of carbonyl (C=O) groups is 2. The Kier molecular flexibility index (Phi) is 4.52. The monoisotopic (exact) mass is 318 g/mol. The normalized spacial score (nSPS) is 15.7. The van der Waals surface area contributed by atoms with E-state index in [9.17, 15) is 9.59 Å². The average molecular weight is 318 g/mol. The molecule has 2 aromatic heterocycles. The summed E-state index contributed by atoms with van der Waals surface area (Å²) in [6, 6.07) is 3.50. The van der Waals surface area contributed by atoms with Gasteiger partial charge in [-0.3, -0.25) is 9.59 Å². The minimum absolute atomic E-state index is 0.0118. The summed E-state index contributed by atoms with van der Waals surface area (Å²) < 4.78 is 6.73. The van der Waals surface area contributed by atoms with E-state index in [4.69, 9.17) is 9.84 Å². The van der Waals surface area contributed by atoms with Gasteiger partial charge in [0.15, 0.2) is 0 Å². The number of rotatable bonds is 5. The Morgan fingerprint density at radius 3 is 2.87 bits per heavy atom. The molecule has 3 rings (SSSR count). The Labute approximate surface area is 132 Å². The van der Waals surface area contributed by atoms with Crippen LogP contribution in [0.2, 0.25) is 0 Å². The van der Waals surface area contributed by atoms with Crippen molar-refractivity contribution in [2.45, 2.75) is 25.3 Å². The fourth-order valence-electron chi connectivity index (χ4n) is 2.82. The van der Waals surface area contributed by atoms with E-state index in [0.717, 1.165) is 0 Å². The summed E-state index contributed by atoms with van der Waals surface area (Å²) in [5, 5.41) is 17.1. The van der Waals surface area contributed by atoms with Crippen molar-refractivity contribution in [2.24, 2.45) is 0 Å². The molecule has 1 saturated heterocycles. The predicted octanol–water partition coefficient (Wildman–Crippen LogP) is 0.825. The van der Waals surface area contributed by atoms with E-state index in [1.165, 1.54) is 10.8 Å². The Morgan fingerprint density at radius 1 is 1.35 bits per heavy atom. The van der Waals surface area contributed by atoms with Crippen LogP contribution < -0.4 is 0 Å². The molecule has 0 radical (unpaired) electrons. The fraction of sp³-hybridized carbons (Fsp3) is 0.467. The van der Waals surface area contributed by atoms with Crippen LogP contribution in [0.3, 0.4) is 0 Å². The summed E-state index contributed by atoms with van der Waals surface area (Å²) in [5.74, 6) is -1.13. The fourth-order valence-corrected chi connectivity index (χ4v) is 2.82. The van der Waals surface area contributed by atoms with Crippen molar-refractivity contribution in [1.82, 2.24) is 19.7 Å². The molecule has 122 valence electrons. The van der Waals surface area contributed by atoms with Gasteiger partial charge in [0.2, 0.25) is 0 Å². The average Bonchev–Trinajstić information content (AvgIpc) is 2.99. The Balaban J connectivity index is 1.87. The van der Waals surface area contributed by atoms with Crippen LogP contribution in [0.4, 0.5) is 0 Å². The number of carboxylic acid groups (broad SMARTS) is 1. The van der Waals surface area contributed by atoms with Gasteiger partial charge in [0, 0.05) is 32.0 Å². The minimum Gasteiger partial charge on any atom is -0.481 e. The van der Waals surface area contributed by atoms with E-state index < -0.39 is 5.97 Å². The summed E-state index contributed by atoms with van der Waals surface area (Å²) in [4.78, 5) is 25.5. The molecule has 0 aliphatic carbocycles. The third-order valence-electron chi connectivity index (χ3n) is 3.99. The van der Waals surface area contributed by atoms with Crippen LogP contribution >= 0.6 is 0 Å². The second-order valence-electron chi connectivity index (χ2n) is 5.44. The molecule has 1 aliphatic rings. The Hall–Kier alpha value is -2.48. The maximum absolute atomic E-state index is 12.9. The van der Waals surface area contributed by atoms with E-state index in [-0.39, 0.29) is 24.9 Å². The van der Waals surface area contributed by atoms with Crippen LogP contribution in [0, 0.1) is 0 Å². The maximum Gasteiger partial charge on any atom is 0.305 e. The van der Waals surface area contributed by atoms with Crippen LogP contribution in [0.25, 0.3) is 5.52 Å². The van der Waals surface area contributed by atoms with Gasteiger partial charge in [-0.2, -0.15) is 14.8 Å². The van der Waals surface area contributed by atoms with Gasteiger partial charge >= 0.3 is 5.97 Å². The number of hydrogen-bond donors (Lipinski definition) is 1. The molecule has 2 aromatic rings. The van der Waals surface area contributed by atoms with Gasteiger partial charge in [-0.1, -0.05) is 0 Å². The number of amides is 1. The Bertz CT molecular complexity index is 708. The molecule has 23 heavy (non-hydrogen) atoms. The standard InChI is InChI=1S/C15H18N4O4/c20-14(21)3-7-18(11-4-8-23-9-5-11)15(22)12-10-17-19-13(12)2-1-6-16-19/h1-2,6,10-11H,3-5,7-9H2,(H,20,21). The number of ether oxygens (including phenoxy) is 1. The summed E-state index contributed by atoms with van der Waals surface area (Å²) in [6.45, 7) is 1.34. The number of carboxylic acids is 1. The highest BCUT2D eigenvalue weighted by molar-refractivity contribution is 6.00. The van der Waals surface area contributed by atoms with Crippen LogP contribution in [-0.2, 0) is 9.53 Å². The van der Waals surface area contributed by atoms with Crippen molar-refractivity contribution in [3.8, 4) is 0 Å². The molecule has 0 bridgehead atoms. The highest BCUT2D eigenvalue weighted by atomic mass is 16.5. The molecule has 0 unspecified atom stereocenters. The largest absolute Gasteiger partial charge is 0.481 e. The molecular formula is C15H18N4O4. The van der Waals surface area contributed by atoms with E-state index >= 15 is 0 Å². The smallest absolute Gasteiger partial charge is 0.305 e. The predicted molar refractivity (Wildman–Crippen MR) is 80.1 cm³/mol. The lowest BCUT2D eigenvalue weighted by Crippen LogP contribution is -2.44. The summed E-state index contributed by atoms with van der Waals surface area (Å²) >= 11 is 0. The lowest BCUT2D eigenvalue weighted by atomic mass is 10.1. The van der Waals surface area contributed by atoms with Crippen molar-refractivity contribution in [3.63, 3.8) is 0 Å². The Morgan fingerprint density at radius 2 is 2.13 bits per heavy atom. The number of aromatic nitrogens is 3. The van der Waals surface area contributed by atoms with E-state index in [1.807, 2.05) is 0 Å². The van der Waals surface area contributed by atoms with Crippen molar-refractivity contribution in [3.05, 3.63) is 30.1 Å². The highest BCUT2D eigenvalue weighted by Gasteiger charge is 2.28. The highest BCUT2D eigenvalue weighted by Crippen LogP contribution is 2.20. The van der Waals surface area contributed by atoms with E-state index in [2.05, 4.69) is 10.2 Å². The number of carbonyl (C=O) groups excluding carboxylic acids is 1. The SMILES string of the molecule is O=C(O)CCN(C(=O)c1cnn2ncccc12)C1CCOCC1. The number of fused-ring (bicyclic) bond motifs is 1. The first kappa shape index (κ1) is 15.4. The third-order valence-corrected chi connectivity index (χ3v) is 3.99. The molecular weight excluding hydrogens is 300 g/mol. The van der Waals surface area contributed by atoms with Gasteiger partial charge < -0.3 is 14.7 Å². The summed E-state index contributed by atoms with van der Waals surface area (Å²) in [7, 11) is 0. The summed E-state index contributed by atoms with van der Waals surface area (Å²) in [6.07, 6.45) is 4.42. The molecule has 8 nitrogen and oxygen atoms in total. The van der Waals surface area contributed by atoms with Gasteiger partial charge in [0.25, 0.3) is 5.91 Å². The van der Waals surface area contributed by atoms with Crippen LogP contribution in [0.5, 0.6) is 0 Å². The minimum atomic E-state index is -0.920. The van der Waals surface area contributed by atoms with Gasteiger partial charge in [0.05, 0.1) is 18.2 Å². The first-order chi connectivity index (χ1) is 11.2. The van der Waals surface area contributed by atoms with Crippen molar-refractivity contribution >= 4 is 17.4 Å². The molecule has 1 fully saturated rings. The quantitative estimate of drug-likeness (QED) is 0.877. The van der Waals surface area contributed by atoms with Gasteiger partial charge in [-0.05, 0) is 25.0 Å². The van der Waals surface area contributed by atoms with E-state index in [0.29, 0.717) is 37.1 Å². The zero-order valence-electron chi connectivity index (χ0n) is 12.6. The van der Waals surface area contributed by atoms with Crippen molar-refractivity contribution < 1.29 is 19.4 Å². The molecule has 8 heteroatoms. The molecule has 1 aliphatic heterocycles. The van der Waals surface area contributed by atoms with Crippen LogP contribution in [0.15, 0.2) is 24.5 Å². The molecule has 1 N–H and O–H groups in total. The van der Waals surface area contributed by atoms with Crippen molar-refractivity contribution in [1.29, 1.82) is 0 Å². The number of nitrogens with zero attached hydrogens (tertiary/aromatic N) is 4. The van der Waals surface area contributed by atoms with Crippen LogP contribution in [-0.4, -0.2) is 62.5 Å². The molecule has 0 aromatic carbocycles. The van der Waals surface area contributed by atoms with E-state index in [1.54, 1.807) is 23.2 Å². The zero-order valence-corrected chi connectivity index (χ0v) is 12.6. The number of hydrogen-bond acceptors (Lipinski definition) is 5. The molecule has 0 saturated carbocycles. The maximum atomic E-state index is 12.9. The second kappa shape index (κ2) is 6.74. The van der Waals surface area contributed by atoms with Gasteiger partial charge in [-0.15, -0.1) is 0 Å². The van der Waals surface area contributed by atoms with Crippen LogP contribution in [0.1, 0.15) is 29.6 Å². The first-order valence-corrected chi connectivity index (χ1v) is 7.56. The molecule has 0 atom stereocenters. The first-order valence-electron chi connectivity index (χ1n) is 7.56. The topological polar surface area (TPSA) is 97.0 Å². The lowest BCUT2D eigenvalue weighted by molar-refractivity contribution is -0.137. The lowest BCUT2D eigenvalue weighted by Gasteiger charge is -2.34. The molecule has 0 spiro atoms. The zero-order chi connectivity index (χ0) is 16.2. The van der Waals surface area contributed by atoms with Gasteiger partial charge in [0.1, 0.15) is 5.52 Å². The molecule has 3 heterocycles. The van der Waals surface area contributed by atoms with Crippen molar-refractivity contribution in [2.75, 3.05) is 19.8 Å².